The Bertz CT molecular complexity index is 639. The van der Waals surface area contributed by atoms with Crippen LogP contribution in [0.1, 0.15) is 5.56 Å². The highest BCUT2D eigenvalue weighted by Gasteiger charge is 2.08. The number of carbonyl (C=O) groups is 1. The highest BCUT2D eigenvalue weighted by atomic mass is 16.5. The van der Waals surface area contributed by atoms with Crippen LogP contribution in [0.5, 0.6) is 11.5 Å². The molecule has 0 spiro atoms. The van der Waals surface area contributed by atoms with Crippen LogP contribution in [0.3, 0.4) is 0 Å². The third kappa shape index (κ3) is 5.30. The third-order valence-corrected chi connectivity index (χ3v) is 3.21. The number of nitrogens with one attached hydrogen (secondary N) is 1. The zero-order chi connectivity index (χ0) is 16.7. The van der Waals surface area contributed by atoms with Crippen molar-refractivity contribution in [3.63, 3.8) is 0 Å². The molecule has 1 amide bonds. The molecule has 0 radical (unpaired) electrons. The molecular weight excluding hydrogens is 292 g/mol. The van der Waals surface area contributed by atoms with Crippen LogP contribution < -0.4 is 14.8 Å². The Balaban J connectivity index is 1.91. The first-order valence-electron chi connectivity index (χ1n) is 7.38. The fourth-order valence-corrected chi connectivity index (χ4v) is 2.13. The van der Waals surface area contributed by atoms with E-state index in [1.54, 1.807) is 31.4 Å². The monoisotopic (exact) mass is 314 g/mol. The molecule has 2 aromatic carbocycles. The number of benzene rings is 2. The zero-order valence-electron chi connectivity index (χ0n) is 13.7. The second-order valence-electron chi connectivity index (χ2n) is 5.41. The molecule has 0 atom stereocenters. The van der Waals surface area contributed by atoms with E-state index in [0.29, 0.717) is 5.75 Å². The van der Waals surface area contributed by atoms with Gasteiger partial charge in [0.2, 0.25) is 0 Å². The first kappa shape index (κ1) is 16.8. The largest absolute Gasteiger partial charge is 0.497 e. The maximum Gasteiger partial charge on any atom is 0.262 e. The molecule has 0 fully saturated rings. The molecule has 0 aromatic heterocycles. The van der Waals surface area contributed by atoms with Crippen LogP contribution >= 0.6 is 0 Å². The van der Waals surface area contributed by atoms with Crippen molar-refractivity contribution in [2.24, 2.45) is 0 Å². The summed E-state index contributed by atoms with van der Waals surface area (Å²) in [4.78, 5) is 14.1. The summed E-state index contributed by atoms with van der Waals surface area (Å²) in [5.74, 6) is 1.19. The van der Waals surface area contributed by atoms with Crippen LogP contribution in [0.25, 0.3) is 0 Å². The molecule has 1 N–H and O–H groups in total. The fourth-order valence-electron chi connectivity index (χ4n) is 2.13. The standard InChI is InChI=1S/C18H22N2O3/c1-20(2)12-14-6-4-5-7-17(14)19-18(21)13-23-16-10-8-15(22-3)9-11-16/h4-11H,12-13H2,1-3H3,(H,19,21). The van der Waals surface area contributed by atoms with Crippen LogP contribution in [0, 0.1) is 0 Å². The van der Waals surface area contributed by atoms with Crippen molar-refractivity contribution in [2.45, 2.75) is 6.54 Å². The van der Waals surface area contributed by atoms with Gasteiger partial charge in [-0.05, 0) is 50.0 Å². The first-order valence-corrected chi connectivity index (χ1v) is 7.38. The van der Waals surface area contributed by atoms with E-state index in [-0.39, 0.29) is 12.5 Å². The van der Waals surface area contributed by atoms with Crippen molar-refractivity contribution < 1.29 is 14.3 Å². The van der Waals surface area contributed by atoms with E-state index < -0.39 is 0 Å². The molecule has 2 rings (SSSR count). The summed E-state index contributed by atoms with van der Waals surface area (Å²) >= 11 is 0. The number of anilines is 1. The first-order chi connectivity index (χ1) is 11.1. The van der Waals surface area contributed by atoms with Gasteiger partial charge in [0.25, 0.3) is 5.91 Å². The summed E-state index contributed by atoms with van der Waals surface area (Å²) < 4.78 is 10.6. The van der Waals surface area contributed by atoms with Gasteiger partial charge in [0, 0.05) is 12.2 Å². The lowest BCUT2D eigenvalue weighted by Gasteiger charge is -2.15. The summed E-state index contributed by atoms with van der Waals surface area (Å²) in [6.45, 7) is 0.721. The van der Waals surface area contributed by atoms with Gasteiger partial charge in [-0.2, -0.15) is 0 Å². The Morgan fingerprint density at radius 3 is 2.35 bits per heavy atom. The quantitative estimate of drug-likeness (QED) is 0.854. The van der Waals surface area contributed by atoms with Crippen LogP contribution in [0.4, 0.5) is 5.69 Å². The summed E-state index contributed by atoms with van der Waals surface area (Å²) in [5, 5.41) is 2.89. The minimum Gasteiger partial charge on any atom is -0.497 e. The van der Waals surface area contributed by atoms with E-state index in [9.17, 15) is 4.79 Å². The van der Waals surface area contributed by atoms with Gasteiger partial charge in [-0.25, -0.2) is 0 Å². The summed E-state index contributed by atoms with van der Waals surface area (Å²) in [6.07, 6.45) is 0. The number of rotatable bonds is 7. The minimum atomic E-state index is -0.188. The molecule has 0 heterocycles. The van der Waals surface area contributed by atoms with Crippen LogP contribution in [0.15, 0.2) is 48.5 Å². The molecule has 5 heteroatoms. The molecule has 2 aromatic rings. The zero-order valence-corrected chi connectivity index (χ0v) is 13.7. The Kier molecular flexibility index (Phi) is 6.00. The number of hydrogen-bond donors (Lipinski definition) is 1. The lowest BCUT2D eigenvalue weighted by Crippen LogP contribution is -2.22. The van der Waals surface area contributed by atoms with Gasteiger partial charge < -0.3 is 19.7 Å². The van der Waals surface area contributed by atoms with E-state index in [2.05, 4.69) is 10.2 Å². The third-order valence-electron chi connectivity index (χ3n) is 3.21. The van der Waals surface area contributed by atoms with E-state index in [1.165, 1.54) is 0 Å². The normalized spacial score (nSPS) is 10.4. The maximum absolute atomic E-state index is 12.1. The molecule has 0 saturated heterocycles. The van der Waals surface area contributed by atoms with Crippen molar-refractivity contribution in [1.29, 1.82) is 0 Å². The van der Waals surface area contributed by atoms with E-state index in [1.807, 2.05) is 38.4 Å². The highest BCUT2D eigenvalue weighted by molar-refractivity contribution is 5.92. The molecule has 5 nitrogen and oxygen atoms in total. The topological polar surface area (TPSA) is 50.8 Å². The van der Waals surface area contributed by atoms with Gasteiger partial charge in [0.15, 0.2) is 6.61 Å². The van der Waals surface area contributed by atoms with Crippen LogP contribution in [-0.4, -0.2) is 38.6 Å². The molecule has 23 heavy (non-hydrogen) atoms. The molecular formula is C18H22N2O3. The molecule has 0 aliphatic carbocycles. The predicted molar refractivity (Wildman–Crippen MR) is 91.0 cm³/mol. The molecule has 0 aliphatic rings. The molecule has 0 aliphatic heterocycles. The number of amides is 1. The smallest absolute Gasteiger partial charge is 0.262 e. The Hall–Kier alpha value is -2.53. The Morgan fingerprint density at radius 1 is 1.04 bits per heavy atom. The van der Waals surface area contributed by atoms with Crippen molar-refractivity contribution in [1.82, 2.24) is 4.90 Å². The van der Waals surface area contributed by atoms with Crippen LogP contribution in [-0.2, 0) is 11.3 Å². The van der Waals surface area contributed by atoms with Gasteiger partial charge >= 0.3 is 0 Å². The van der Waals surface area contributed by atoms with Crippen molar-refractivity contribution >= 4 is 11.6 Å². The van der Waals surface area contributed by atoms with Crippen molar-refractivity contribution in [3.8, 4) is 11.5 Å². The average molecular weight is 314 g/mol. The van der Waals surface area contributed by atoms with Gasteiger partial charge in [-0.3, -0.25) is 4.79 Å². The van der Waals surface area contributed by atoms with Gasteiger partial charge in [-0.15, -0.1) is 0 Å². The van der Waals surface area contributed by atoms with Crippen molar-refractivity contribution in [3.05, 3.63) is 54.1 Å². The lowest BCUT2D eigenvalue weighted by atomic mass is 10.1. The predicted octanol–water partition coefficient (Wildman–Crippen LogP) is 2.77. The number of nitrogens with zero attached hydrogens (tertiary/aromatic N) is 1. The number of ether oxygens (including phenoxy) is 2. The summed E-state index contributed by atoms with van der Waals surface area (Å²) in [6, 6.07) is 14.9. The average Bonchev–Trinajstić information content (AvgIpc) is 2.55. The molecule has 0 bridgehead atoms. The van der Waals surface area contributed by atoms with Crippen LogP contribution in [0.2, 0.25) is 0 Å². The van der Waals surface area contributed by atoms with E-state index in [0.717, 1.165) is 23.5 Å². The maximum atomic E-state index is 12.1. The SMILES string of the molecule is COc1ccc(OCC(=O)Nc2ccccc2CN(C)C)cc1. The van der Waals surface area contributed by atoms with E-state index in [4.69, 9.17) is 9.47 Å². The number of methoxy groups -OCH3 is 1. The highest BCUT2D eigenvalue weighted by Crippen LogP contribution is 2.18. The molecule has 0 unspecified atom stereocenters. The Morgan fingerprint density at radius 2 is 1.70 bits per heavy atom. The second-order valence-corrected chi connectivity index (χ2v) is 5.41. The lowest BCUT2D eigenvalue weighted by molar-refractivity contribution is -0.118. The number of carbonyl (C=O) groups excluding carboxylic acids is 1. The molecule has 122 valence electrons. The van der Waals surface area contributed by atoms with Gasteiger partial charge in [-0.1, -0.05) is 18.2 Å². The fraction of sp³-hybridized carbons (Fsp3) is 0.278. The minimum absolute atomic E-state index is 0.0391. The second kappa shape index (κ2) is 8.19. The van der Waals surface area contributed by atoms with Gasteiger partial charge in [0.1, 0.15) is 11.5 Å². The van der Waals surface area contributed by atoms with E-state index >= 15 is 0 Å². The van der Waals surface area contributed by atoms with Crippen molar-refractivity contribution in [2.75, 3.05) is 33.1 Å². The summed E-state index contributed by atoms with van der Waals surface area (Å²) in [5.41, 5.74) is 1.87. The molecule has 0 saturated carbocycles. The Labute approximate surface area is 136 Å². The summed E-state index contributed by atoms with van der Waals surface area (Å²) in [7, 11) is 5.59. The number of hydrogen-bond acceptors (Lipinski definition) is 4. The number of para-hydroxylation sites is 1. The van der Waals surface area contributed by atoms with Gasteiger partial charge in [0.05, 0.1) is 7.11 Å².